The van der Waals surface area contributed by atoms with Crippen molar-refractivity contribution in [1.29, 1.82) is 0 Å². The predicted molar refractivity (Wildman–Crippen MR) is 126 cm³/mol. The molecule has 0 N–H and O–H groups in total. The normalized spacial score (nSPS) is 11.5. The molecular formula is C28H20N2. The zero-order valence-corrected chi connectivity index (χ0v) is 16.4. The molecule has 4 aromatic rings. The van der Waals surface area contributed by atoms with Gasteiger partial charge in [-0.2, -0.15) is 0 Å². The Hall–Kier alpha value is -4.22. The van der Waals surface area contributed by atoms with E-state index in [1.54, 1.807) is 0 Å². The maximum atomic E-state index is 4.79. The second-order valence-corrected chi connectivity index (χ2v) is 6.57. The van der Waals surface area contributed by atoms with Gasteiger partial charge in [0.2, 0.25) is 0 Å². The van der Waals surface area contributed by atoms with Gasteiger partial charge in [0.25, 0.3) is 0 Å². The summed E-state index contributed by atoms with van der Waals surface area (Å²) in [5, 5.41) is 0. The van der Waals surface area contributed by atoms with Gasteiger partial charge in [-0.3, -0.25) is 0 Å². The first kappa shape index (κ1) is 19.1. The van der Waals surface area contributed by atoms with Gasteiger partial charge in [0.05, 0.1) is 11.4 Å². The minimum atomic E-state index is 0.707. The first-order valence-corrected chi connectivity index (χ1v) is 9.79. The van der Waals surface area contributed by atoms with E-state index in [0.29, 0.717) is 11.4 Å². The summed E-state index contributed by atoms with van der Waals surface area (Å²) >= 11 is 0. The summed E-state index contributed by atoms with van der Waals surface area (Å²) in [5.41, 5.74) is 5.10. The molecule has 0 bridgehead atoms. The molecule has 2 nitrogen and oxygen atoms in total. The molecule has 0 heterocycles. The van der Waals surface area contributed by atoms with Crippen molar-refractivity contribution in [3.63, 3.8) is 0 Å². The number of rotatable bonds is 4. The van der Waals surface area contributed by atoms with Crippen molar-refractivity contribution in [2.24, 2.45) is 9.98 Å². The Labute approximate surface area is 177 Å². The van der Waals surface area contributed by atoms with Crippen molar-refractivity contribution in [2.45, 2.75) is 0 Å². The number of benzene rings is 4. The maximum absolute atomic E-state index is 4.79. The van der Waals surface area contributed by atoms with E-state index in [-0.39, 0.29) is 0 Å². The number of para-hydroxylation sites is 2. The fourth-order valence-electron chi connectivity index (χ4n) is 2.90. The fraction of sp³-hybridized carbons (Fsp3) is 0. The second-order valence-electron chi connectivity index (χ2n) is 6.57. The van der Waals surface area contributed by atoms with Crippen molar-refractivity contribution in [1.82, 2.24) is 0 Å². The molecule has 2 heteroatoms. The van der Waals surface area contributed by atoms with Crippen LogP contribution in [0.5, 0.6) is 0 Å². The lowest BCUT2D eigenvalue weighted by atomic mass is 10.1. The number of nitrogens with zero attached hydrogens (tertiary/aromatic N) is 2. The van der Waals surface area contributed by atoms with E-state index in [4.69, 9.17) is 9.98 Å². The Bertz CT molecular complexity index is 1100. The zero-order chi connectivity index (χ0) is 20.4. The lowest BCUT2D eigenvalue weighted by Gasteiger charge is -2.02. The maximum Gasteiger partial charge on any atom is 0.121 e. The monoisotopic (exact) mass is 384 g/mol. The summed E-state index contributed by atoms with van der Waals surface area (Å²) in [7, 11) is 0. The van der Waals surface area contributed by atoms with E-state index in [0.717, 1.165) is 22.5 Å². The van der Waals surface area contributed by atoms with Crippen LogP contribution < -0.4 is 0 Å². The van der Waals surface area contributed by atoms with Gasteiger partial charge in [-0.15, -0.1) is 0 Å². The van der Waals surface area contributed by atoms with Gasteiger partial charge in [-0.05, 0) is 36.1 Å². The van der Waals surface area contributed by atoms with Gasteiger partial charge in [-0.1, -0.05) is 97.1 Å². The SMILES string of the molecule is C(#CC(=Nc1ccccc1)c1ccccc1)C(=Nc1ccccc1)c1ccccc1. The quantitative estimate of drug-likeness (QED) is 0.279. The van der Waals surface area contributed by atoms with E-state index < -0.39 is 0 Å². The van der Waals surface area contributed by atoms with Gasteiger partial charge in [0.15, 0.2) is 0 Å². The van der Waals surface area contributed by atoms with Crippen LogP contribution in [0.4, 0.5) is 11.4 Å². The molecule has 0 aliphatic rings. The van der Waals surface area contributed by atoms with Crippen LogP contribution >= 0.6 is 0 Å². The Morgan fingerprint density at radius 1 is 0.400 bits per heavy atom. The highest BCUT2D eigenvalue weighted by atomic mass is 14.8. The average molecular weight is 384 g/mol. The summed E-state index contributed by atoms with van der Waals surface area (Å²) < 4.78 is 0. The van der Waals surface area contributed by atoms with Crippen molar-refractivity contribution in [3.8, 4) is 11.8 Å². The van der Waals surface area contributed by atoms with Crippen LogP contribution in [0.2, 0.25) is 0 Å². The van der Waals surface area contributed by atoms with E-state index in [1.165, 1.54) is 0 Å². The van der Waals surface area contributed by atoms with E-state index in [2.05, 4.69) is 11.8 Å². The van der Waals surface area contributed by atoms with Crippen LogP contribution in [0.25, 0.3) is 0 Å². The molecule has 0 atom stereocenters. The number of hydrogen-bond donors (Lipinski definition) is 0. The highest BCUT2D eigenvalue weighted by Gasteiger charge is 2.03. The van der Waals surface area contributed by atoms with Gasteiger partial charge in [-0.25, -0.2) is 9.98 Å². The molecule has 0 aliphatic heterocycles. The fourth-order valence-corrected chi connectivity index (χ4v) is 2.90. The van der Waals surface area contributed by atoms with E-state index in [9.17, 15) is 0 Å². The minimum Gasteiger partial charge on any atom is -0.239 e. The molecule has 0 spiro atoms. The largest absolute Gasteiger partial charge is 0.239 e. The lowest BCUT2D eigenvalue weighted by molar-refractivity contribution is 1.50. The van der Waals surface area contributed by atoms with Crippen LogP contribution in [0, 0.1) is 11.8 Å². The Kier molecular flexibility index (Phi) is 6.25. The van der Waals surface area contributed by atoms with E-state index >= 15 is 0 Å². The summed E-state index contributed by atoms with van der Waals surface area (Å²) in [4.78, 5) is 9.58. The molecule has 0 saturated carbocycles. The zero-order valence-electron chi connectivity index (χ0n) is 16.4. The van der Waals surface area contributed by atoms with Gasteiger partial charge >= 0.3 is 0 Å². The van der Waals surface area contributed by atoms with Crippen LogP contribution in [0.15, 0.2) is 131 Å². The Morgan fingerprint density at radius 3 is 1.03 bits per heavy atom. The summed E-state index contributed by atoms with van der Waals surface area (Å²) in [6.45, 7) is 0. The molecule has 4 rings (SSSR count). The lowest BCUT2D eigenvalue weighted by Crippen LogP contribution is -2.01. The standard InChI is InChI=1S/C28H20N2/c1-5-13-23(14-6-1)27(29-25-17-9-3-10-18-25)21-22-28(24-15-7-2-8-16-24)30-26-19-11-4-12-20-26/h1-20H. The molecule has 0 fully saturated rings. The van der Waals surface area contributed by atoms with Gasteiger partial charge in [0, 0.05) is 11.1 Å². The third-order valence-corrected chi connectivity index (χ3v) is 4.39. The Morgan fingerprint density at radius 2 is 0.700 bits per heavy atom. The van der Waals surface area contributed by atoms with Crippen molar-refractivity contribution in [3.05, 3.63) is 132 Å². The van der Waals surface area contributed by atoms with Crippen LogP contribution in [0.1, 0.15) is 11.1 Å². The topological polar surface area (TPSA) is 24.7 Å². The summed E-state index contributed by atoms with van der Waals surface area (Å²) in [5.74, 6) is 6.55. The predicted octanol–water partition coefficient (Wildman–Crippen LogP) is 6.63. The highest BCUT2D eigenvalue weighted by Crippen LogP contribution is 2.15. The van der Waals surface area contributed by atoms with Crippen LogP contribution in [-0.2, 0) is 0 Å². The first-order chi connectivity index (χ1) is 14.9. The molecule has 0 saturated heterocycles. The molecule has 142 valence electrons. The number of hydrogen-bond acceptors (Lipinski definition) is 2. The second kappa shape index (κ2) is 9.82. The van der Waals surface area contributed by atoms with Crippen molar-refractivity contribution in [2.75, 3.05) is 0 Å². The highest BCUT2D eigenvalue weighted by molar-refractivity contribution is 6.21. The Balaban J connectivity index is 1.80. The smallest absolute Gasteiger partial charge is 0.121 e. The van der Waals surface area contributed by atoms with Gasteiger partial charge < -0.3 is 0 Å². The van der Waals surface area contributed by atoms with Crippen molar-refractivity contribution >= 4 is 22.8 Å². The average Bonchev–Trinajstić information content (AvgIpc) is 2.83. The molecule has 0 aromatic heterocycles. The first-order valence-electron chi connectivity index (χ1n) is 9.79. The van der Waals surface area contributed by atoms with E-state index in [1.807, 2.05) is 121 Å². The van der Waals surface area contributed by atoms with Crippen LogP contribution in [-0.4, -0.2) is 11.4 Å². The molecule has 30 heavy (non-hydrogen) atoms. The van der Waals surface area contributed by atoms with Crippen molar-refractivity contribution < 1.29 is 0 Å². The molecule has 4 aromatic carbocycles. The molecular weight excluding hydrogens is 364 g/mol. The summed E-state index contributed by atoms with van der Waals surface area (Å²) in [6, 6.07) is 39.8. The molecule has 0 unspecified atom stereocenters. The van der Waals surface area contributed by atoms with Gasteiger partial charge in [0.1, 0.15) is 11.4 Å². The summed E-state index contributed by atoms with van der Waals surface area (Å²) in [6.07, 6.45) is 0. The molecule has 0 radical (unpaired) electrons. The third kappa shape index (κ3) is 5.19. The molecule has 0 aliphatic carbocycles. The number of aliphatic imine (C=N–C) groups is 2. The molecule has 0 amide bonds. The minimum absolute atomic E-state index is 0.707. The third-order valence-electron chi connectivity index (χ3n) is 4.39. The van der Waals surface area contributed by atoms with Crippen LogP contribution in [0.3, 0.4) is 0 Å².